The first-order chi connectivity index (χ1) is 9.43. The molecule has 19 heavy (non-hydrogen) atoms. The molecule has 0 N–H and O–H groups in total. The molecule has 2 aromatic rings. The van der Waals surface area contributed by atoms with Crippen LogP contribution in [0.3, 0.4) is 0 Å². The average Bonchev–Trinajstić information content (AvgIpc) is 2.49. The van der Waals surface area contributed by atoms with E-state index in [2.05, 4.69) is 35.3 Å². The zero-order valence-corrected chi connectivity index (χ0v) is 11.6. The normalized spacial score (nSPS) is 16.8. The summed E-state index contributed by atoms with van der Waals surface area (Å²) in [5, 5.41) is 1.34. The predicted molar refractivity (Wildman–Crippen MR) is 81.3 cm³/mol. The molecule has 1 heteroatoms. The van der Waals surface area contributed by atoms with Gasteiger partial charge in [0.2, 0.25) is 0 Å². The van der Waals surface area contributed by atoms with Gasteiger partial charge in [-0.15, -0.1) is 0 Å². The number of aromatic nitrogens is 1. The zero-order valence-electron chi connectivity index (χ0n) is 11.6. The van der Waals surface area contributed by atoms with Gasteiger partial charge in [-0.1, -0.05) is 56.7 Å². The fourth-order valence-corrected chi connectivity index (χ4v) is 3.43. The van der Waals surface area contributed by atoms with Crippen LogP contribution >= 0.6 is 0 Å². The van der Waals surface area contributed by atoms with E-state index in [-0.39, 0.29) is 0 Å². The smallest absolute Gasteiger partial charge is 0.0704 e. The van der Waals surface area contributed by atoms with E-state index in [0.717, 1.165) is 11.4 Å². The highest BCUT2D eigenvalue weighted by Gasteiger charge is 2.13. The molecule has 0 atom stereocenters. The number of fused-ring (bicyclic) bond motifs is 1. The lowest BCUT2D eigenvalue weighted by molar-refractivity contribution is 0.332. The Morgan fingerprint density at radius 2 is 1.84 bits per heavy atom. The highest BCUT2D eigenvalue weighted by atomic mass is 14.6. The number of rotatable bonds is 4. The lowest BCUT2D eigenvalue weighted by atomic mass is 9.85. The van der Waals surface area contributed by atoms with Gasteiger partial charge in [0.05, 0.1) is 5.52 Å². The molecular weight excluding hydrogens is 230 g/mol. The minimum absolute atomic E-state index is 1.00. The summed E-state index contributed by atoms with van der Waals surface area (Å²) in [5.41, 5.74) is 2.61. The Kier molecular flexibility index (Phi) is 4.12. The first kappa shape index (κ1) is 12.7. The van der Waals surface area contributed by atoms with Gasteiger partial charge in [-0.3, -0.25) is 4.98 Å². The Bertz CT molecular complexity index is 521. The van der Waals surface area contributed by atoms with E-state index in [1.807, 2.05) is 6.20 Å². The molecule has 1 heterocycles. The topological polar surface area (TPSA) is 12.9 Å². The zero-order chi connectivity index (χ0) is 12.9. The summed E-state index contributed by atoms with van der Waals surface area (Å²) in [7, 11) is 0. The summed E-state index contributed by atoms with van der Waals surface area (Å²) in [6.07, 6.45) is 13.2. The summed E-state index contributed by atoms with van der Waals surface area (Å²) in [5.74, 6) is 1.00. The Hall–Kier alpha value is -1.37. The summed E-state index contributed by atoms with van der Waals surface area (Å²) in [4.78, 5) is 4.44. The number of hydrogen-bond acceptors (Lipinski definition) is 1. The molecule has 0 radical (unpaired) electrons. The quantitative estimate of drug-likeness (QED) is 0.735. The van der Waals surface area contributed by atoms with Crippen LogP contribution < -0.4 is 0 Å². The first-order valence-corrected chi connectivity index (χ1v) is 7.76. The molecule has 1 nitrogen and oxygen atoms in total. The highest BCUT2D eigenvalue weighted by molar-refractivity contribution is 5.81. The van der Waals surface area contributed by atoms with Crippen LogP contribution in [0.15, 0.2) is 36.5 Å². The minimum atomic E-state index is 1.00. The van der Waals surface area contributed by atoms with Crippen LogP contribution in [0, 0.1) is 5.92 Å². The molecule has 100 valence electrons. The number of hydrogen-bond donors (Lipinski definition) is 0. The molecule has 1 aliphatic rings. The van der Waals surface area contributed by atoms with E-state index in [0.29, 0.717) is 0 Å². The SMILES string of the molecule is c1ccc2c(CCCC3CCCCC3)ccnc2c1. The Morgan fingerprint density at radius 3 is 2.74 bits per heavy atom. The second kappa shape index (κ2) is 6.18. The third kappa shape index (κ3) is 3.15. The predicted octanol–water partition coefficient (Wildman–Crippen LogP) is 5.14. The fraction of sp³-hybridized carbons (Fsp3) is 0.500. The van der Waals surface area contributed by atoms with E-state index in [4.69, 9.17) is 0 Å². The first-order valence-electron chi connectivity index (χ1n) is 7.76. The molecule has 0 bridgehead atoms. The van der Waals surface area contributed by atoms with Gasteiger partial charge in [0.15, 0.2) is 0 Å². The summed E-state index contributed by atoms with van der Waals surface area (Å²) >= 11 is 0. The lowest BCUT2D eigenvalue weighted by Gasteiger charge is -2.21. The molecule has 0 spiro atoms. The van der Waals surface area contributed by atoms with E-state index in [1.54, 1.807) is 0 Å². The third-order valence-corrected chi connectivity index (χ3v) is 4.52. The monoisotopic (exact) mass is 253 g/mol. The van der Waals surface area contributed by atoms with E-state index in [9.17, 15) is 0 Å². The third-order valence-electron chi connectivity index (χ3n) is 4.52. The van der Waals surface area contributed by atoms with Crippen molar-refractivity contribution >= 4 is 10.9 Å². The molecule has 0 saturated heterocycles. The second-order valence-electron chi connectivity index (χ2n) is 5.88. The van der Waals surface area contributed by atoms with Crippen molar-refractivity contribution in [3.63, 3.8) is 0 Å². The molecule has 1 saturated carbocycles. The Balaban J connectivity index is 1.62. The van der Waals surface area contributed by atoms with Crippen molar-refractivity contribution in [2.75, 3.05) is 0 Å². The number of pyridine rings is 1. The van der Waals surface area contributed by atoms with Crippen molar-refractivity contribution in [1.29, 1.82) is 0 Å². The van der Waals surface area contributed by atoms with Crippen LogP contribution in [0.4, 0.5) is 0 Å². The molecule has 1 aliphatic carbocycles. The van der Waals surface area contributed by atoms with Crippen LogP contribution in [-0.4, -0.2) is 4.98 Å². The molecule has 0 aliphatic heterocycles. The van der Waals surface area contributed by atoms with Crippen LogP contribution in [-0.2, 0) is 6.42 Å². The van der Waals surface area contributed by atoms with Gasteiger partial charge < -0.3 is 0 Å². The highest BCUT2D eigenvalue weighted by Crippen LogP contribution is 2.28. The summed E-state index contributed by atoms with van der Waals surface area (Å²) in [6, 6.07) is 10.7. The van der Waals surface area contributed by atoms with Crippen molar-refractivity contribution in [2.45, 2.75) is 51.4 Å². The standard InChI is InChI=1S/C18H23N/c1-2-7-15(8-3-1)9-6-10-16-13-14-19-18-12-5-4-11-17(16)18/h4-5,11-15H,1-3,6-10H2. The van der Waals surface area contributed by atoms with Gasteiger partial charge in [-0.25, -0.2) is 0 Å². The molecule has 1 aromatic carbocycles. The summed E-state index contributed by atoms with van der Waals surface area (Å²) in [6.45, 7) is 0. The van der Waals surface area contributed by atoms with Gasteiger partial charge >= 0.3 is 0 Å². The molecule has 3 rings (SSSR count). The Labute approximate surface area is 116 Å². The molecular formula is C18H23N. The van der Waals surface area contributed by atoms with Gasteiger partial charge in [0.25, 0.3) is 0 Å². The van der Waals surface area contributed by atoms with Crippen molar-refractivity contribution in [3.05, 3.63) is 42.1 Å². The Morgan fingerprint density at radius 1 is 1.00 bits per heavy atom. The second-order valence-corrected chi connectivity index (χ2v) is 5.88. The molecule has 0 amide bonds. The van der Waals surface area contributed by atoms with Gasteiger partial charge in [-0.2, -0.15) is 0 Å². The van der Waals surface area contributed by atoms with Crippen molar-refractivity contribution < 1.29 is 0 Å². The van der Waals surface area contributed by atoms with Crippen LogP contribution in [0.25, 0.3) is 10.9 Å². The number of benzene rings is 1. The van der Waals surface area contributed by atoms with Crippen molar-refractivity contribution in [1.82, 2.24) is 4.98 Å². The molecule has 1 fully saturated rings. The average molecular weight is 253 g/mol. The van der Waals surface area contributed by atoms with E-state index in [1.165, 1.54) is 62.3 Å². The molecule has 0 unspecified atom stereocenters. The van der Waals surface area contributed by atoms with Crippen LogP contribution in [0.1, 0.15) is 50.5 Å². The minimum Gasteiger partial charge on any atom is -0.256 e. The fourth-order valence-electron chi connectivity index (χ4n) is 3.43. The number of aryl methyl sites for hydroxylation is 1. The van der Waals surface area contributed by atoms with Gasteiger partial charge in [-0.05, 0) is 36.5 Å². The van der Waals surface area contributed by atoms with Gasteiger partial charge in [0, 0.05) is 11.6 Å². The van der Waals surface area contributed by atoms with Crippen molar-refractivity contribution in [3.8, 4) is 0 Å². The lowest BCUT2D eigenvalue weighted by Crippen LogP contribution is -2.06. The molecule has 1 aromatic heterocycles. The van der Waals surface area contributed by atoms with Crippen LogP contribution in [0.5, 0.6) is 0 Å². The maximum atomic E-state index is 4.44. The van der Waals surface area contributed by atoms with Gasteiger partial charge in [0.1, 0.15) is 0 Å². The van der Waals surface area contributed by atoms with E-state index < -0.39 is 0 Å². The maximum Gasteiger partial charge on any atom is 0.0704 e. The van der Waals surface area contributed by atoms with E-state index >= 15 is 0 Å². The number of nitrogens with zero attached hydrogens (tertiary/aromatic N) is 1. The largest absolute Gasteiger partial charge is 0.256 e. The number of para-hydroxylation sites is 1. The summed E-state index contributed by atoms with van der Waals surface area (Å²) < 4.78 is 0. The van der Waals surface area contributed by atoms with Crippen LogP contribution in [0.2, 0.25) is 0 Å². The maximum absolute atomic E-state index is 4.44. The van der Waals surface area contributed by atoms with Crippen molar-refractivity contribution in [2.24, 2.45) is 5.92 Å².